The number of fused-ring (bicyclic) bond motifs is 2. The number of carbonyl (C=O) groups excluding carboxylic acids is 1. The highest BCUT2D eigenvalue weighted by atomic mass is 16.2. The molecule has 3 N–H and O–H groups in total. The van der Waals surface area contributed by atoms with E-state index in [4.69, 9.17) is 11.1 Å². The van der Waals surface area contributed by atoms with Crippen molar-refractivity contribution in [3.63, 3.8) is 0 Å². The molecule has 1 fully saturated rings. The van der Waals surface area contributed by atoms with Crippen LogP contribution in [-0.4, -0.2) is 60.4 Å². The molecule has 140 valence electrons. The van der Waals surface area contributed by atoms with Gasteiger partial charge in [-0.05, 0) is 23.6 Å². The van der Waals surface area contributed by atoms with Gasteiger partial charge in [-0.15, -0.1) is 0 Å². The summed E-state index contributed by atoms with van der Waals surface area (Å²) in [6, 6.07) is 8.12. The van der Waals surface area contributed by atoms with E-state index in [0.29, 0.717) is 19.6 Å². The fourth-order valence-electron chi connectivity index (χ4n) is 3.97. The van der Waals surface area contributed by atoms with Crippen molar-refractivity contribution in [3.8, 4) is 0 Å². The summed E-state index contributed by atoms with van der Waals surface area (Å²) in [5, 5.41) is 7.55. The third-order valence-electron chi connectivity index (χ3n) is 5.46. The molecule has 6 heteroatoms. The van der Waals surface area contributed by atoms with Gasteiger partial charge >= 0.3 is 0 Å². The number of anilines is 1. The molecule has 27 heavy (non-hydrogen) atoms. The number of nitrogens with one attached hydrogen (secondary N) is 1. The van der Waals surface area contributed by atoms with E-state index < -0.39 is 0 Å². The van der Waals surface area contributed by atoms with Crippen molar-refractivity contribution in [2.45, 2.75) is 12.5 Å². The normalized spacial score (nSPS) is 21.9. The van der Waals surface area contributed by atoms with E-state index in [1.807, 2.05) is 40.2 Å². The van der Waals surface area contributed by atoms with E-state index in [9.17, 15) is 4.79 Å². The predicted octanol–water partition coefficient (Wildman–Crippen LogP) is 1.51. The summed E-state index contributed by atoms with van der Waals surface area (Å²) >= 11 is 0. The van der Waals surface area contributed by atoms with E-state index in [2.05, 4.69) is 29.2 Å². The molecule has 0 radical (unpaired) electrons. The average molecular weight is 363 g/mol. The number of hydrogen-bond acceptors (Lipinski definition) is 3. The fourth-order valence-corrected chi connectivity index (χ4v) is 3.97. The first kappa shape index (κ1) is 17.5. The van der Waals surface area contributed by atoms with Crippen molar-refractivity contribution in [1.82, 2.24) is 9.80 Å². The number of nitrogens with two attached hydrogens (primary N) is 1. The number of piperazine rings is 1. The quantitative estimate of drug-likeness (QED) is 0.617. The minimum absolute atomic E-state index is 0.0512. The third kappa shape index (κ3) is 3.53. The molecule has 1 aromatic carbocycles. The van der Waals surface area contributed by atoms with Crippen molar-refractivity contribution in [1.29, 1.82) is 5.41 Å². The molecule has 1 aromatic rings. The molecule has 1 unspecified atom stereocenters. The summed E-state index contributed by atoms with van der Waals surface area (Å²) < 4.78 is 0. The van der Waals surface area contributed by atoms with Gasteiger partial charge < -0.3 is 15.5 Å². The van der Waals surface area contributed by atoms with Gasteiger partial charge in [-0.1, -0.05) is 48.6 Å². The molecule has 0 spiro atoms. The SMILES string of the molecule is N=C(N)N1CCN(CC(=O)N2c3ccccc3CC=C3C=CC=CC32)CC1. The van der Waals surface area contributed by atoms with Gasteiger partial charge in [0, 0.05) is 31.9 Å². The molecule has 3 aliphatic rings. The molecule has 2 heterocycles. The summed E-state index contributed by atoms with van der Waals surface area (Å²) in [6.07, 6.45) is 11.3. The van der Waals surface area contributed by atoms with Crippen molar-refractivity contribution in [2.24, 2.45) is 5.73 Å². The van der Waals surface area contributed by atoms with Crippen LogP contribution in [0.5, 0.6) is 0 Å². The molecule has 0 aromatic heterocycles. The first-order valence-electron chi connectivity index (χ1n) is 9.40. The van der Waals surface area contributed by atoms with Crippen LogP contribution >= 0.6 is 0 Å². The third-order valence-corrected chi connectivity index (χ3v) is 5.46. The Labute approximate surface area is 159 Å². The van der Waals surface area contributed by atoms with Crippen LogP contribution in [0.15, 0.2) is 60.2 Å². The second kappa shape index (κ2) is 7.40. The zero-order valence-corrected chi connectivity index (χ0v) is 15.3. The fraction of sp³-hybridized carbons (Fsp3) is 0.333. The number of nitrogens with zero attached hydrogens (tertiary/aromatic N) is 3. The Hall–Kier alpha value is -2.86. The Bertz CT molecular complexity index is 833. The van der Waals surface area contributed by atoms with Crippen molar-refractivity contribution >= 4 is 17.6 Å². The molecule has 4 rings (SSSR count). The topological polar surface area (TPSA) is 76.7 Å². The van der Waals surface area contributed by atoms with Gasteiger partial charge in [-0.25, -0.2) is 0 Å². The molecule has 1 amide bonds. The van der Waals surface area contributed by atoms with Gasteiger partial charge in [-0.2, -0.15) is 0 Å². The highest BCUT2D eigenvalue weighted by molar-refractivity contribution is 5.97. The summed E-state index contributed by atoms with van der Waals surface area (Å²) in [4.78, 5) is 19.3. The van der Waals surface area contributed by atoms with Gasteiger partial charge in [0.15, 0.2) is 5.96 Å². The smallest absolute Gasteiger partial charge is 0.241 e. The van der Waals surface area contributed by atoms with Crippen LogP contribution in [-0.2, 0) is 11.2 Å². The molecule has 2 aliphatic heterocycles. The molecule has 1 aliphatic carbocycles. The second-order valence-corrected chi connectivity index (χ2v) is 7.14. The Kier molecular flexibility index (Phi) is 4.81. The maximum Gasteiger partial charge on any atom is 0.241 e. The lowest BCUT2D eigenvalue weighted by Gasteiger charge is -2.37. The lowest BCUT2D eigenvalue weighted by Crippen LogP contribution is -2.54. The summed E-state index contributed by atoms with van der Waals surface area (Å²) in [5.41, 5.74) is 8.92. The number of benzene rings is 1. The molecule has 1 atom stereocenters. The molecule has 6 nitrogen and oxygen atoms in total. The van der Waals surface area contributed by atoms with Crippen LogP contribution in [0.1, 0.15) is 5.56 Å². The van der Waals surface area contributed by atoms with E-state index >= 15 is 0 Å². The van der Waals surface area contributed by atoms with Crippen molar-refractivity contribution < 1.29 is 4.79 Å². The van der Waals surface area contributed by atoms with Gasteiger partial charge in [0.1, 0.15) is 0 Å². The minimum atomic E-state index is -0.0512. The lowest BCUT2D eigenvalue weighted by molar-refractivity contribution is -0.120. The molecule has 1 saturated heterocycles. The Balaban J connectivity index is 1.56. The maximum absolute atomic E-state index is 13.4. The van der Waals surface area contributed by atoms with E-state index in [0.717, 1.165) is 25.2 Å². The summed E-state index contributed by atoms with van der Waals surface area (Å²) in [5.74, 6) is 0.216. The highest BCUT2D eigenvalue weighted by Gasteiger charge is 2.31. The molecule has 0 saturated carbocycles. The summed E-state index contributed by atoms with van der Waals surface area (Å²) in [7, 11) is 0. The predicted molar refractivity (Wildman–Crippen MR) is 108 cm³/mol. The molecular weight excluding hydrogens is 338 g/mol. The van der Waals surface area contributed by atoms with Gasteiger partial charge in [0.25, 0.3) is 0 Å². The maximum atomic E-state index is 13.4. The highest BCUT2D eigenvalue weighted by Crippen LogP contribution is 2.32. The Morgan fingerprint density at radius 3 is 2.70 bits per heavy atom. The van der Waals surface area contributed by atoms with Crippen LogP contribution in [0.2, 0.25) is 0 Å². The average Bonchev–Trinajstić information content (AvgIpc) is 2.85. The molecular formula is C21H25N5O. The van der Waals surface area contributed by atoms with Crippen LogP contribution in [0, 0.1) is 5.41 Å². The number of rotatable bonds is 2. The first-order chi connectivity index (χ1) is 13.1. The monoisotopic (exact) mass is 363 g/mol. The number of hydrogen-bond donors (Lipinski definition) is 2. The van der Waals surface area contributed by atoms with Gasteiger partial charge in [-0.3, -0.25) is 15.1 Å². The number of allylic oxidation sites excluding steroid dienone is 3. The van der Waals surface area contributed by atoms with Crippen molar-refractivity contribution in [2.75, 3.05) is 37.6 Å². The van der Waals surface area contributed by atoms with Crippen LogP contribution < -0.4 is 10.6 Å². The zero-order chi connectivity index (χ0) is 18.8. The van der Waals surface area contributed by atoms with E-state index in [1.165, 1.54) is 11.1 Å². The zero-order valence-electron chi connectivity index (χ0n) is 15.3. The number of amides is 1. The Morgan fingerprint density at radius 2 is 1.93 bits per heavy atom. The van der Waals surface area contributed by atoms with E-state index in [1.54, 1.807) is 0 Å². The Morgan fingerprint density at radius 1 is 1.15 bits per heavy atom. The lowest BCUT2D eigenvalue weighted by atomic mass is 10.00. The second-order valence-electron chi connectivity index (χ2n) is 7.14. The van der Waals surface area contributed by atoms with Crippen molar-refractivity contribution in [3.05, 3.63) is 65.8 Å². The van der Waals surface area contributed by atoms with Crippen LogP contribution in [0.3, 0.4) is 0 Å². The number of para-hydroxylation sites is 1. The largest absolute Gasteiger partial charge is 0.370 e. The molecule has 0 bridgehead atoms. The standard InChI is InChI=1S/C21H25N5O/c22-21(23)25-13-11-24(12-14-25)15-20(27)26-18-7-3-1-5-16(18)9-10-17-6-2-4-8-19(17)26/h1-9,18H,10-15H2,(H3,22,23). The van der Waals surface area contributed by atoms with Gasteiger partial charge in [0.05, 0.1) is 12.6 Å². The minimum Gasteiger partial charge on any atom is -0.370 e. The number of carbonyl (C=O) groups is 1. The van der Waals surface area contributed by atoms with E-state index in [-0.39, 0.29) is 17.9 Å². The summed E-state index contributed by atoms with van der Waals surface area (Å²) in [6.45, 7) is 3.24. The van der Waals surface area contributed by atoms with Gasteiger partial charge in [0.2, 0.25) is 5.91 Å². The van der Waals surface area contributed by atoms with Crippen LogP contribution in [0.25, 0.3) is 0 Å². The first-order valence-corrected chi connectivity index (χ1v) is 9.40. The van der Waals surface area contributed by atoms with Crippen LogP contribution in [0.4, 0.5) is 5.69 Å². The number of guanidine groups is 1.